The second-order valence-corrected chi connectivity index (χ2v) is 6.09. The molecule has 5 heteroatoms. The number of imide groups is 1. The SMILES string of the molecule is CC(=O)N(C(=O)c1ccc(N(C)C)cc1)c1cccc2c1NCC2. The van der Waals surface area contributed by atoms with Crippen LogP contribution in [0.4, 0.5) is 17.1 Å². The molecular formula is C19H21N3O2. The van der Waals surface area contributed by atoms with Gasteiger partial charge in [-0.1, -0.05) is 12.1 Å². The Bertz CT molecular complexity index is 782. The van der Waals surface area contributed by atoms with Crippen LogP contribution in [0.1, 0.15) is 22.8 Å². The van der Waals surface area contributed by atoms with Gasteiger partial charge in [-0.3, -0.25) is 9.59 Å². The normalized spacial score (nSPS) is 12.3. The minimum atomic E-state index is -0.310. The van der Waals surface area contributed by atoms with Crippen LogP contribution in [-0.2, 0) is 11.2 Å². The fourth-order valence-electron chi connectivity index (χ4n) is 2.96. The zero-order valence-electron chi connectivity index (χ0n) is 14.2. The van der Waals surface area contributed by atoms with Crippen molar-refractivity contribution in [3.05, 3.63) is 53.6 Å². The molecular weight excluding hydrogens is 302 g/mol. The van der Waals surface area contributed by atoms with Crippen LogP contribution in [0.3, 0.4) is 0 Å². The number of fused-ring (bicyclic) bond motifs is 1. The van der Waals surface area contributed by atoms with E-state index in [0.29, 0.717) is 11.3 Å². The molecule has 0 aromatic heterocycles. The van der Waals surface area contributed by atoms with Gasteiger partial charge in [-0.15, -0.1) is 0 Å². The van der Waals surface area contributed by atoms with Gasteiger partial charge in [0.15, 0.2) is 0 Å². The molecule has 1 heterocycles. The molecule has 0 spiro atoms. The van der Waals surface area contributed by atoms with Crippen molar-refractivity contribution in [2.45, 2.75) is 13.3 Å². The first-order valence-corrected chi connectivity index (χ1v) is 7.97. The molecule has 0 bridgehead atoms. The largest absolute Gasteiger partial charge is 0.383 e. The number of para-hydroxylation sites is 1. The van der Waals surface area contributed by atoms with Crippen molar-refractivity contribution >= 4 is 28.9 Å². The quantitative estimate of drug-likeness (QED) is 0.943. The highest BCUT2D eigenvalue weighted by Gasteiger charge is 2.26. The van der Waals surface area contributed by atoms with E-state index in [1.165, 1.54) is 11.8 Å². The summed E-state index contributed by atoms with van der Waals surface area (Å²) in [6, 6.07) is 13.0. The van der Waals surface area contributed by atoms with Crippen molar-refractivity contribution in [2.24, 2.45) is 0 Å². The van der Waals surface area contributed by atoms with Crippen molar-refractivity contribution in [3.8, 4) is 0 Å². The van der Waals surface area contributed by atoms with Crippen molar-refractivity contribution in [3.63, 3.8) is 0 Å². The van der Waals surface area contributed by atoms with E-state index < -0.39 is 0 Å². The summed E-state index contributed by atoms with van der Waals surface area (Å²) in [6.07, 6.45) is 0.903. The molecule has 0 saturated carbocycles. The number of anilines is 3. The predicted molar refractivity (Wildman–Crippen MR) is 96.9 cm³/mol. The number of carbonyl (C=O) groups is 2. The second-order valence-electron chi connectivity index (χ2n) is 6.09. The lowest BCUT2D eigenvalue weighted by atomic mass is 10.1. The van der Waals surface area contributed by atoms with Gasteiger partial charge in [-0.2, -0.15) is 0 Å². The Labute approximate surface area is 141 Å². The summed E-state index contributed by atoms with van der Waals surface area (Å²) in [7, 11) is 3.88. The number of carbonyl (C=O) groups excluding carboxylic acids is 2. The van der Waals surface area contributed by atoms with Crippen molar-refractivity contribution < 1.29 is 9.59 Å². The van der Waals surface area contributed by atoms with E-state index in [0.717, 1.165) is 29.9 Å². The summed E-state index contributed by atoms with van der Waals surface area (Å²) < 4.78 is 0. The van der Waals surface area contributed by atoms with Crippen molar-refractivity contribution in [1.82, 2.24) is 0 Å². The van der Waals surface area contributed by atoms with Gasteiger partial charge in [-0.05, 0) is 42.3 Å². The Balaban J connectivity index is 1.98. The molecule has 124 valence electrons. The molecule has 2 aromatic rings. The Hall–Kier alpha value is -2.82. The predicted octanol–water partition coefficient (Wildman–Crippen LogP) is 2.91. The van der Waals surface area contributed by atoms with Gasteiger partial charge in [0, 0.05) is 38.8 Å². The fourth-order valence-corrected chi connectivity index (χ4v) is 2.96. The molecule has 0 saturated heterocycles. The summed E-state index contributed by atoms with van der Waals surface area (Å²) in [5.41, 5.74) is 4.13. The maximum absolute atomic E-state index is 12.9. The van der Waals surface area contributed by atoms with Gasteiger partial charge in [0.05, 0.1) is 11.4 Å². The van der Waals surface area contributed by atoms with E-state index in [9.17, 15) is 9.59 Å². The van der Waals surface area contributed by atoms with Crippen LogP contribution in [0.25, 0.3) is 0 Å². The first kappa shape index (κ1) is 16.1. The molecule has 1 aliphatic rings. The fraction of sp³-hybridized carbons (Fsp3) is 0.263. The minimum absolute atomic E-state index is 0.293. The highest BCUT2D eigenvalue weighted by atomic mass is 16.2. The number of benzene rings is 2. The number of nitrogens with one attached hydrogen (secondary N) is 1. The van der Waals surface area contributed by atoms with Crippen LogP contribution < -0.4 is 15.1 Å². The molecule has 24 heavy (non-hydrogen) atoms. The van der Waals surface area contributed by atoms with Crippen LogP contribution in [0, 0.1) is 0 Å². The molecule has 5 nitrogen and oxygen atoms in total. The minimum Gasteiger partial charge on any atom is -0.383 e. The summed E-state index contributed by atoms with van der Waals surface area (Å²) in [6.45, 7) is 2.24. The zero-order valence-corrected chi connectivity index (χ0v) is 14.2. The Morgan fingerprint density at radius 2 is 1.75 bits per heavy atom. The molecule has 2 amide bonds. The lowest BCUT2D eigenvalue weighted by molar-refractivity contribution is -0.115. The average Bonchev–Trinajstić information content (AvgIpc) is 3.04. The van der Waals surface area contributed by atoms with E-state index in [-0.39, 0.29) is 11.8 Å². The number of rotatable bonds is 3. The van der Waals surface area contributed by atoms with Gasteiger partial charge < -0.3 is 10.2 Å². The summed E-state index contributed by atoms with van der Waals surface area (Å²) in [4.78, 5) is 28.3. The lowest BCUT2D eigenvalue weighted by Crippen LogP contribution is -2.35. The van der Waals surface area contributed by atoms with Crippen LogP contribution in [0.15, 0.2) is 42.5 Å². The lowest BCUT2D eigenvalue weighted by Gasteiger charge is -2.22. The van der Waals surface area contributed by atoms with Crippen LogP contribution in [0.2, 0.25) is 0 Å². The second kappa shape index (κ2) is 6.35. The highest BCUT2D eigenvalue weighted by molar-refractivity contribution is 6.22. The Morgan fingerprint density at radius 1 is 1.04 bits per heavy atom. The van der Waals surface area contributed by atoms with E-state index >= 15 is 0 Å². The molecule has 2 aromatic carbocycles. The number of amides is 2. The molecule has 3 rings (SSSR count). The van der Waals surface area contributed by atoms with Gasteiger partial charge in [0.25, 0.3) is 5.91 Å². The summed E-state index contributed by atoms with van der Waals surface area (Å²) in [5.74, 6) is -0.603. The van der Waals surface area contributed by atoms with Crippen molar-refractivity contribution in [2.75, 3.05) is 35.8 Å². The molecule has 0 fully saturated rings. The van der Waals surface area contributed by atoms with Gasteiger partial charge in [0.2, 0.25) is 5.91 Å². The maximum atomic E-state index is 12.9. The van der Waals surface area contributed by atoms with Crippen molar-refractivity contribution in [1.29, 1.82) is 0 Å². The summed E-state index contributed by atoms with van der Waals surface area (Å²) in [5, 5.41) is 3.28. The van der Waals surface area contributed by atoms with Gasteiger partial charge in [0.1, 0.15) is 0 Å². The molecule has 0 unspecified atom stereocenters. The van der Waals surface area contributed by atoms with E-state index in [2.05, 4.69) is 5.32 Å². The van der Waals surface area contributed by atoms with E-state index in [1.807, 2.05) is 49.3 Å². The maximum Gasteiger partial charge on any atom is 0.265 e. The topological polar surface area (TPSA) is 52.7 Å². The Morgan fingerprint density at radius 3 is 2.38 bits per heavy atom. The molecule has 1 aliphatic heterocycles. The molecule has 0 aliphatic carbocycles. The van der Waals surface area contributed by atoms with Crippen LogP contribution in [0.5, 0.6) is 0 Å². The van der Waals surface area contributed by atoms with Gasteiger partial charge in [-0.25, -0.2) is 4.90 Å². The first-order valence-electron chi connectivity index (χ1n) is 7.97. The molecule has 0 atom stereocenters. The third kappa shape index (κ3) is 2.85. The number of nitrogens with zero attached hydrogens (tertiary/aromatic N) is 2. The van der Waals surface area contributed by atoms with Crippen LogP contribution >= 0.6 is 0 Å². The third-order valence-electron chi connectivity index (χ3n) is 4.21. The first-order chi connectivity index (χ1) is 11.5. The van der Waals surface area contributed by atoms with E-state index in [4.69, 9.17) is 0 Å². The third-order valence-corrected chi connectivity index (χ3v) is 4.21. The number of hydrogen-bond donors (Lipinski definition) is 1. The average molecular weight is 323 g/mol. The van der Waals surface area contributed by atoms with E-state index in [1.54, 1.807) is 12.1 Å². The highest BCUT2D eigenvalue weighted by Crippen LogP contribution is 2.34. The monoisotopic (exact) mass is 323 g/mol. The zero-order chi connectivity index (χ0) is 17.3. The van der Waals surface area contributed by atoms with Crippen LogP contribution in [-0.4, -0.2) is 32.5 Å². The van der Waals surface area contributed by atoms with Gasteiger partial charge >= 0.3 is 0 Å². The smallest absolute Gasteiger partial charge is 0.265 e. The molecule has 0 radical (unpaired) electrons. The summed E-state index contributed by atoms with van der Waals surface area (Å²) >= 11 is 0. The molecule has 1 N–H and O–H groups in total. The Kier molecular flexibility index (Phi) is 4.25. The standard InChI is InChI=1S/C19H21N3O2/c1-13(23)22(17-6-4-5-14-11-12-20-18(14)17)19(24)15-7-9-16(10-8-15)21(2)3/h4-10,20H,11-12H2,1-3H3. The number of hydrogen-bond acceptors (Lipinski definition) is 4.